The minimum atomic E-state index is -0.274. The summed E-state index contributed by atoms with van der Waals surface area (Å²) >= 11 is 10.5. The fourth-order valence-electron chi connectivity index (χ4n) is 1.73. The summed E-state index contributed by atoms with van der Waals surface area (Å²) in [5.41, 5.74) is 9.16. The van der Waals surface area contributed by atoms with Gasteiger partial charge in [-0.25, -0.2) is 0 Å². The smallest absolute Gasteiger partial charge is 0.262 e. The number of hydrogen-bond donors (Lipinski definition) is 3. The van der Waals surface area contributed by atoms with Crippen LogP contribution in [0.5, 0.6) is 5.75 Å². The number of thiocarbonyl (C=S) groups is 1. The summed E-state index contributed by atoms with van der Waals surface area (Å²) in [6.07, 6.45) is 1.56. The first-order valence-corrected chi connectivity index (χ1v) is 7.68. The Morgan fingerprint density at radius 3 is 2.71 bits per heavy atom. The fourth-order valence-corrected chi connectivity index (χ4v) is 1.98. The van der Waals surface area contributed by atoms with Gasteiger partial charge in [0.15, 0.2) is 11.7 Å². The van der Waals surface area contributed by atoms with E-state index in [1.807, 2.05) is 0 Å². The van der Waals surface area contributed by atoms with Gasteiger partial charge in [-0.3, -0.25) is 10.2 Å². The van der Waals surface area contributed by atoms with Crippen molar-refractivity contribution >= 4 is 46.7 Å². The van der Waals surface area contributed by atoms with Gasteiger partial charge in [0.2, 0.25) is 0 Å². The maximum Gasteiger partial charge on any atom is 0.262 e. The van der Waals surface area contributed by atoms with Crippen molar-refractivity contribution in [3.8, 4) is 5.75 Å². The Morgan fingerprint density at radius 2 is 2.04 bits per heavy atom. The number of benzene rings is 2. The number of carbonyl (C=O) groups is 1. The normalized spacial score (nSPS) is 10.4. The molecule has 6 nitrogen and oxygen atoms in total. The predicted molar refractivity (Wildman–Crippen MR) is 99.5 cm³/mol. The van der Waals surface area contributed by atoms with E-state index in [1.54, 1.807) is 54.7 Å². The number of hydrogen-bond acceptors (Lipinski definition) is 4. The van der Waals surface area contributed by atoms with Gasteiger partial charge < -0.3 is 15.8 Å². The molecule has 0 bridgehead atoms. The van der Waals surface area contributed by atoms with E-state index in [0.717, 1.165) is 5.56 Å². The Labute approximate surface area is 149 Å². The molecule has 2 aromatic rings. The van der Waals surface area contributed by atoms with Crippen LogP contribution in [-0.4, -0.2) is 23.8 Å². The number of amides is 1. The van der Waals surface area contributed by atoms with E-state index in [2.05, 4.69) is 28.1 Å². The highest BCUT2D eigenvalue weighted by Crippen LogP contribution is 2.15. The van der Waals surface area contributed by atoms with Crippen LogP contribution in [0.25, 0.3) is 0 Å². The van der Waals surface area contributed by atoms with Crippen molar-refractivity contribution in [3.05, 3.63) is 59.1 Å². The zero-order valence-corrected chi connectivity index (χ0v) is 14.1. The van der Waals surface area contributed by atoms with Gasteiger partial charge in [-0.05, 0) is 60.2 Å². The summed E-state index contributed by atoms with van der Waals surface area (Å²) in [6.45, 7) is -0.108. The van der Waals surface area contributed by atoms with E-state index in [0.29, 0.717) is 16.5 Å². The lowest BCUT2D eigenvalue weighted by Crippen LogP contribution is -2.23. The third kappa shape index (κ3) is 6.23. The van der Waals surface area contributed by atoms with Gasteiger partial charge in [0.1, 0.15) is 5.75 Å². The first-order valence-electron chi connectivity index (χ1n) is 6.90. The number of hydrazone groups is 1. The number of ether oxygens (including phenoxy) is 1. The molecule has 0 unspecified atom stereocenters. The number of nitrogens with two attached hydrogens (primary N) is 1. The summed E-state index contributed by atoms with van der Waals surface area (Å²) in [4.78, 5) is 11.8. The van der Waals surface area contributed by atoms with E-state index >= 15 is 0 Å². The van der Waals surface area contributed by atoms with Gasteiger partial charge in [-0.15, -0.1) is 0 Å². The fraction of sp³-hybridized carbons (Fsp3) is 0.0625. The molecule has 0 saturated heterocycles. The number of rotatable bonds is 6. The maximum atomic E-state index is 11.8. The maximum absolute atomic E-state index is 11.8. The molecule has 0 aromatic heterocycles. The number of halogens is 1. The van der Waals surface area contributed by atoms with Gasteiger partial charge in [0.25, 0.3) is 5.91 Å². The quantitative estimate of drug-likeness (QED) is 0.417. The molecule has 2 aromatic carbocycles. The monoisotopic (exact) mass is 362 g/mol. The Hall–Kier alpha value is -2.64. The van der Waals surface area contributed by atoms with Gasteiger partial charge in [-0.1, -0.05) is 17.7 Å². The molecule has 1 amide bonds. The predicted octanol–water partition coefficient (Wildman–Crippen LogP) is 2.52. The average Bonchev–Trinajstić information content (AvgIpc) is 2.54. The Kier molecular flexibility index (Phi) is 6.53. The molecule has 2 rings (SSSR count). The lowest BCUT2D eigenvalue weighted by Gasteiger charge is -2.08. The summed E-state index contributed by atoms with van der Waals surface area (Å²) < 4.78 is 5.42. The van der Waals surface area contributed by atoms with Crippen molar-refractivity contribution in [1.29, 1.82) is 0 Å². The lowest BCUT2D eigenvalue weighted by molar-refractivity contribution is -0.118. The minimum absolute atomic E-state index is 0.0944. The van der Waals surface area contributed by atoms with Crippen molar-refractivity contribution in [2.75, 3.05) is 11.9 Å². The molecular weight excluding hydrogens is 348 g/mol. The summed E-state index contributed by atoms with van der Waals surface area (Å²) in [6, 6.07) is 13.9. The van der Waals surface area contributed by atoms with Crippen LogP contribution >= 0.6 is 23.8 Å². The second-order valence-electron chi connectivity index (χ2n) is 4.65. The number of carbonyl (C=O) groups excluding carboxylic acids is 1. The minimum Gasteiger partial charge on any atom is -0.484 e. The van der Waals surface area contributed by atoms with Crippen LogP contribution in [0.4, 0.5) is 5.69 Å². The standard InChI is InChI=1S/C16H15ClN4O2S/c17-12-2-1-3-13(8-12)20-15(22)10-23-14-6-4-11(5-7-14)9-19-21-16(18)24/h1-9H,10H2,(H,20,22)(H3,18,21,24). The van der Waals surface area contributed by atoms with Crippen LogP contribution in [0, 0.1) is 0 Å². The Balaban J connectivity index is 1.82. The molecule has 0 saturated carbocycles. The molecule has 0 aliphatic rings. The molecule has 24 heavy (non-hydrogen) atoms. The highest BCUT2D eigenvalue weighted by atomic mass is 35.5. The average molecular weight is 363 g/mol. The summed E-state index contributed by atoms with van der Waals surface area (Å²) in [5.74, 6) is 0.291. The molecule has 124 valence electrons. The van der Waals surface area contributed by atoms with E-state index in [-0.39, 0.29) is 17.6 Å². The van der Waals surface area contributed by atoms with E-state index in [4.69, 9.17) is 22.1 Å². The van der Waals surface area contributed by atoms with Gasteiger partial charge >= 0.3 is 0 Å². The molecular formula is C16H15ClN4O2S. The topological polar surface area (TPSA) is 88.7 Å². The highest BCUT2D eigenvalue weighted by Gasteiger charge is 2.04. The highest BCUT2D eigenvalue weighted by molar-refractivity contribution is 7.80. The molecule has 0 atom stereocenters. The molecule has 0 spiro atoms. The molecule has 8 heteroatoms. The second-order valence-corrected chi connectivity index (χ2v) is 5.53. The number of anilines is 1. The van der Waals surface area contributed by atoms with Gasteiger partial charge in [0.05, 0.1) is 6.21 Å². The summed E-state index contributed by atoms with van der Waals surface area (Å²) in [5, 5.41) is 7.19. The van der Waals surface area contributed by atoms with Crippen molar-refractivity contribution < 1.29 is 9.53 Å². The van der Waals surface area contributed by atoms with Crippen LogP contribution in [0.15, 0.2) is 53.6 Å². The molecule has 0 radical (unpaired) electrons. The molecule has 0 aliphatic heterocycles. The first-order chi connectivity index (χ1) is 11.5. The lowest BCUT2D eigenvalue weighted by atomic mass is 10.2. The van der Waals surface area contributed by atoms with Crippen molar-refractivity contribution in [2.45, 2.75) is 0 Å². The zero-order valence-electron chi connectivity index (χ0n) is 12.5. The molecule has 4 N–H and O–H groups in total. The molecule has 0 aliphatic carbocycles. The molecule has 0 fully saturated rings. The van der Waals surface area contributed by atoms with Crippen LogP contribution in [0.3, 0.4) is 0 Å². The third-order valence-corrected chi connectivity index (χ3v) is 3.07. The Bertz CT molecular complexity index is 750. The number of nitrogens with zero attached hydrogens (tertiary/aromatic N) is 1. The number of nitrogens with one attached hydrogen (secondary N) is 2. The second kappa shape index (κ2) is 8.85. The van der Waals surface area contributed by atoms with Crippen LogP contribution < -0.4 is 21.2 Å². The Morgan fingerprint density at radius 1 is 1.29 bits per heavy atom. The van der Waals surface area contributed by atoms with E-state index < -0.39 is 0 Å². The van der Waals surface area contributed by atoms with Crippen molar-refractivity contribution in [1.82, 2.24) is 5.43 Å². The van der Waals surface area contributed by atoms with Crippen LogP contribution in [0.2, 0.25) is 5.02 Å². The van der Waals surface area contributed by atoms with Crippen molar-refractivity contribution in [2.24, 2.45) is 10.8 Å². The largest absolute Gasteiger partial charge is 0.484 e. The zero-order chi connectivity index (χ0) is 17.4. The van der Waals surface area contributed by atoms with Crippen LogP contribution in [-0.2, 0) is 4.79 Å². The van der Waals surface area contributed by atoms with E-state index in [1.165, 1.54) is 0 Å². The first kappa shape index (κ1) is 17.7. The van der Waals surface area contributed by atoms with E-state index in [9.17, 15) is 4.79 Å². The van der Waals surface area contributed by atoms with Gasteiger partial charge in [0, 0.05) is 10.7 Å². The SMILES string of the molecule is NC(=S)NN=Cc1ccc(OCC(=O)Nc2cccc(Cl)c2)cc1. The summed E-state index contributed by atoms with van der Waals surface area (Å²) in [7, 11) is 0. The van der Waals surface area contributed by atoms with Crippen LogP contribution in [0.1, 0.15) is 5.56 Å². The molecule has 0 heterocycles. The van der Waals surface area contributed by atoms with Gasteiger partial charge in [-0.2, -0.15) is 5.10 Å². The third-order valence-electron chi connectivity index (χ3n) is 2.75. The van der Waals surface area contributed by atoms with Crippen molar-refractivity contribution in [3.63, 3.8) is 0 Å².